The molecule has 0 radical (unpaired) electrons. The summed E-state index contributed by atoms with van der Waals surface area (Å²) in [6, 6.07) is 6.08. The number of benzene rings is 1. The zero-order valence-corrected chi connectivity index (χ0v) is 14.4. The van der Waals surface area contributed by atoms with Gasteiger partial charge in [-0.2, -0.15) is 0 Å². The first kappa shape index (κ1) is 18.4. The summed E-state index contributed by atoms with van der Waals surface area (Å²) in [7, 11) is -2.43. The molecule has 0 unspecified atom stereocenters. The molecule has 2 N–H and O–H groups in total. The van der Waals surface area contributed by atoms with Gasteiger partial charge in [0, 0.05) is 19.0 Å². The molecule has 0 heterocycles. The van der Waals surface area contributed by atoms with Gasteiger partial charge in [-0.15, -0.1) is 0 Å². The van der Waals surface area contributed by atoms with Crippen molar-refractivity contribution < 1.29 is 22.7 Å². The number of rotatable bonds is 7. The molecule has 1 aliphatic rings. The van der Waals surface area contributed by atoms with Crippen LogP contribution in [0, 0.1) is 5.92 Å². The second kappa shape index (κ2) is 7.76. The van der Waals surface area contributed by atoms with E-state index >= 15 is 0 Å². The molecule has 0 spiro atoms. The Hall–Kier alpha value is -1.93. The Morgan fingerprint density at radius 2 is 1.88 bits per heavy atom. The van der Waals surface area contributed by atoms with Crippen LogP contribution in [0.15, 0.2) is 29.2 Å². The molecule has 1 aliphatic carbocycles. The van der Waals surface area contributed by atoms with Crippen LogP contribution in [0.2, 0.25) is 0 Å². The number of nitrogens with two attached hydrogens (primary N) is 1. The van der Waals surface area contributed by atoms with Crippen LogP contribution in [0.3, 0.4) is 0 Å². The van der Waals surface area contributed by atoms with Crippen molar-refractivity contribution in [1.82, 2.24) is 4.90 Å². The third-order valence-corrected chi connectivity index (χ3v) is 5.13. The van der Waals surface area contributed by atoms with Crippen molar-refractivity contribution in [2.24, 2.45) is 11.1 Å². The number of hydrogen-bond donors (Lipinski definition) is 1. The maximum atomic E-state index is 12.5. The molecule has 0 aromatic heterocycles. The summed E-state index contributed by atoms with van der Waals surface area (Å²) in [6.45, 7) is 0.593. The van der Waals surface area contributed by atoms with Crippen molar-refractivity contribution in [2.45, 2.75) is 37.1 Å². The summed E-state index contributed by atoms with van der Waals surface area (Å²) in [5, 5.41) is 5.07. The van der Waals surface area contributed by atoms with Crippen LogP contribution in [0.4, 0.5) is 0 Å². The number of sulfonamides is 1. The second-order valence-corrected chi connectivity index (χ2v) is 7.46. The normalized spacial score (nSPS) is 14.8. The largest absolute Gasteiger partial charge is 0.469 e. The molecule has 132 valence electrons. The molecule has 0 aliphatic heterocycles. The first-order valence-corrected chi connectivity index (χ1v) is 9.33. The molecule has 1 aromatic carbocycles. The quantitative estimate of drug-likeness (QED) is 0.736. The Morgan fingerprint density at radius 3 is 2.33 bits per heavy atom. The minimum Gasteiger partial charge on any atom is -0.469 e. The highest BCUT2D eigenvalue weighted by molar-refractivity contribution is 7.89. The molecule has 8 heteroatoms. The van der Waals surface area contributed by atoms with Crippen LogP contribution >= 0.6 is 0 Å². The first-order chi connectivity index (χ1) is 11.3. The summed E-state index contributed by atoms with van der Waals surface area (Å²) in [5.41, 5.74) is 0.778. The Labute approximate surface area is 141 Å². The highest BCUT2D eigenvalue weighted by Gasteiger charge is 2.29. The van der Waals surface area contributed by atoms with E-state index in [0.717, 1.165) is 24.8 Å². The van der Waals surface area contributed by atoms with E-state index in [0.29, 0.717) is 6.54 Å². The number of amides is 1. The van der Waals surface area contributed by atoms with E-state index in [9.17, 15) is 18.0 Å². The molecule has 1 aromatic rings. The van der Waals surface area contributed by atoms with Crippen molar-refractivity contribution in [3.05, 3.63) is 29.8 Å². The van der Waals surface area contributed by atoms with Crippen molar-refractivity contribution >= 4 is 21.9 Å². The Balaban J connectivity index is 2.08. The molecule has 2 rings (SSSR count). The predicted octanol–water partition coefficient (Wildman–Crippen LogP) is 1.03. The highest BCUT2D eigenvalue weighted by atomic mass is 32.2. The lowest BCUT2D eigenvalue weighted by atomic mass is 9.84. The third-order valence-electron chi connectivity index (χ3n) is 4.20. The van der Waals surface area contributed by atoms with Crippen molar-refractivity contribution in [2.75, 3.05) is 13.7 Å². The minimum absolute atomic E-state index is 0.0198. The average molecular weight is 354 g/mol. The zero-order chi connectivity index (χ0) is 17.7. The summed E-state index contributed by atoms with van der Waals surface area (Å²) in [6.07, 6.45) is 2.92. The van der Waals surface area contributed by atoms with E-state index in [1.54, 1.807) is 17.0 Å². The molecule has 1 amide bonds. The lowest BCUT2D eigenvalue weighted by Crippen LogP contribution is -2.39. The molecule has 7 nitrogen and oxygen atoms in total. The fourth-order valence-corrected chi connectivity index (χ4v) is 3.03. The summed E-state index contributed by atoms with van der Waals surface area (Å²) >= 11 is 0. The van der Waals surface area contributed by atoms with Crippen LogP contribution in [0.1, 0.15) is 31.2 Å². The SMILES string of the molecule is COC(=O)CCN(Cc1ccc(S(N)(=O)=O)cc1)C(=O)C1CCC1. The Kier molecular flexibility index (Phi) is 5.95. The summed E-state index contributed by atoms with van der Waals surface area (Å²) in [5.74, 6) is -0.321. The number of methoxy groups -OCH3 is 1. The number of esters is 1. The van der Waals surface area contributed by atoms with E-state index in [4.69, 9.17) is 5.14 Å². The minimum atomic E-state index is -3.74. The molecule has 1 saturated carbocycles. The Morgan fingerprint density at radius 1 is 1.25 bits per heavy atom. The van der Waals surface area contributed by atoms with Crippen molar-refractivity contribution in [1.29, 1.82) is 0 Å². The molecular weight excluding hydrogens is 332 g/mol. The Bertz CT molecular complexity index is 696. The topological polar surface area (TPSA) is 107 Å². The number of ether oxygens (including phenoxy) is 1. The van der Waals surface area contributed by atoms with E-state index in [2.05, 4.69) is 4.74 Å². The fourth-order valence-electron chi connectivity index (χ4n) is 2.51. The van der Waals surface area contributed by atoms with Gasteiger partial charge in [0.05, 0.1) is 18.4 Å². The van der Waals surface area contributed by atoms with Crippen molar-refractivity contribution in [3.8, 4) is 0 Å². The second-order valence-electron chi connectivity index (χ2n) is 5.90. The standard InChI is InChI=1S/C16H22N2O5S/c1-23-15(19)9-10-18(16(20)13-3-2-4-13)11-12-5-7-14(8-6-12)24(17,21)22/h5-8,13H,2-4,9-11H2,1H3,(H2,17,21,22). The van der Waals surface area contributed by atoms with Gasteiger partial charge in [-0.25, -0.2) is 13.6 Å². The average Bonchev–Trinajstić information content (AvgIpc) is 2.48. The predicted molar refractivity (Wildman–Crippen MR) is 87.2 cm³/mol. The monoisotopic (exact) mass is 354 g/mol. The number of primary sulfonamides is 1. The van der Waals surface area contributed by atoms with Gasteiger partial charge in [-0.05, 0) is 30.5 Å². The fraction of sp³-hybridized carbons (Fsp3) is 0.500. The first-order valence-electron chi connectivity index (χ1n) is 7.78. The van der Waals surface area contributed by atoms with Crippen molar-refractivity contribution in [3.63, 3.8) is 0 Å². The maximum absolute atomic E-state index is 12.5. The van der Waals surface area contributed by atoms with E-state index in [-0.39, 0.29) is 35.7 Å². The molecule has 0 saturated heterocycles. The van der Waals surface area contributed by atoms with Gasteiger partial charge in [0.1, 0.15) is 0 Å². The smallest absolute Gasteiger partial charge is 0.307 e. The molecule has 24 heavy (non-hydrogen) atoms. The molecule has 0 atom stereocenters. The van der Waals surface area contributed by atoms with Gasteiger partial charge in [0.15, 0.2) is 0 Å². The van der Waals surface area contributed by atoms with Crippen LogP contribution in [-0.2, 0) is 30.9 Å². The maximum Gasteiger partial charge on any atom is 0.307 e. The van der Waals surface area contributed by atoms with Gasteiger partial charge in [0.25, 0.3) is 0 Å². The van der Waals surface area contributed by atoms with Crippen LogP contribution in [0.25, 0.3) is 0 Å². The lowest BCUT2D eigenvalue weighted by molar-refractivity contribution is -0.143. The van der Waals surface area contributed by atoms with E-state index in [1.807, 2.05) is 0 Å². The van der Waals surface area contributed by atoms with Gasteiger partial charge in [0.2, 0.25) is 15.9 Å². The lowest BCUT2D eigenvalue weighted by Gasteiger charge is -2.31. The highest BCUT2D eigenvalue weighted by Crippen LogP contribution is 2.29. The van der Waals surface area contributed by atoms with E-state index < -0.39 is 10.0 Å². The van der Waals surface area contributed by atoms with Crippen LogP contribution in [0.5, 0.6) is 0 Å². The molecule has 0 bridgehead atoms. The summed E-state index contributed by atoms with van der Waals surface area (Å²) < 4.78 is 27.2. The number of carbonyl (C=O) groups excluding carboxylic acids is 2. The van der Waals surface area contributed by atoms with Gasteiger partial charge in [-0.3, -0.25) is 9.59 Å². The number of carbonyl (C=O) groups is 2. The van der Waals surface area contributed by atoms with Crippen LogP contribution in [-0.4, -0.2) is 38.8 Å². The van der Waals surface area contributed by atoms with Gasteiger partial charge in [-0.1, -0.05) is 18.6 Å². The van der Waals surface area contributed by atoms with Crippen LogP contribution < -0.4 is 5.14 Å². The third kappa shape index (κ3) is 4.78. The zero-order valence-electron chi connectivity index (χ0n) is 13.6. The molecule has 1 fully saturated rings. The molecular formula is C16H22N2O5S. The summed E-state index contributed by atoms with van der Waals surface area (Å²) in [4.78, 5) is 25.5. The van der Waals surface area contributed by atoms with E-state index in [1.165, 1.54) is 19.2 Å². The number of nitrogens with zero attached hydrogens (tertiary/aromatic N) is 1. The number of hydrogen-bond acceptors (Lipinski definition) is 5. The van der Waals surface area contributed by atoms with Gasteiger partial charge < -0.3 is 9.64 Å². The van der Waals surface area contributed by atoms with Gasteiger partial charge >= 0.3 is 5.97 Å².